The number of hydrogen-bond donors (Lipinski definition) is 3. The summed E-state index contributed by atoms with van der Waals surface area (Å²) >= 11 is 0. The van der Waals surface area contributed by atoms with Gasteiger partial charge in [-0.15, -0.1) is 24.0 Å². The van der Waals surface area contributed by atoms with Gasteiger partial charge in [-0.05, 0) is 38.5 Å². The molecule has 0 saturated carbocycles. The molecule has 0 fully saturated rings. The van der Waals surface area contributed by atoms with Crippen molar-refractivity contribution in [1.82, 2.24) is 20.9 Å². The highest BCUT2D eigenvalue weighted by atomic mass is 127. The van der Waals surface area contributed by atoms with Crippen molar-refractivity contribution in [2.24, 2.45) is 4.99 Å². The van der Waals surface area contributed by atoms with Crippen LogP contribution in [0.15, 0.2) is 59.7 Å². The summed E-state index contributed by atoms with van der Waals surface area (Å²) in [6.45, 7) is 6.69. The van der Waals surface area contributed by atoms with Crippen molar-refractivity contribution in [3.63, 3.8) is 0 Å². The van der Waals surface area contributed by atoms with E-state index in [1.807, 2.05) is 69.3 Å². The summed E-state index contributed by atoms with van der Waals surface area (Å²) in [5, 5.41) is 9.48. The average Bonchev–Trinajstić information content (AvgIpc) is 2.69. The highest BCUT2D eigenvalue weighted by molar-refractivity contribution is 14.0. The molecule has 30 heavy (non-hydrogen) atoms. The lowest BCUT2D eigenvalue weighted by molar-refractivity contribution is 0.0504. The largest absolute Gasteiger partial charge is 0.444 e. The number of carbonyl (C=O) groups is 1. The predicted octanol–water partition coefficient (Wildman–Crippen LogP) is 3.67. The van der Waals surface area contributed by atoms with Crippen LogP contribution in [-0.4, -0.2) is 42.8 Å². The minimum atomic E-state index is -0.554. The third-order valence-corrected chi connectivity index (χ3v) is 3.99. The van der Waals surface area contributed by atoms with Crippen LogP contribution in [0.1, 0.15) is 38.1 Å². The normalized spacial score (nSPS) is 12.3. The van der Waals surface area contributed by atoms with Crippen molar-refractivity contribution < 1.29 is 9.53 Å². The fourth-order valence-corrected chi connectivity index (χ4v) is 2.66. The molecule has 1 heterocycles. The minimum absolute atomic E-state index is 0. The number of amides is 1. The molecule has 1 unspecified atom stereocenters. The summed E-state index contributed by atoms with van der Waals surface area (Å²) < 4.78 is 5.41. The molecule has 1 aromatic heterocycles. The van der Waals surface area contributed by atoms with Gasteiger partial charge < -0.3 is 20.7 Å². The Bertz CT molecular complexity index is 779. The summed E-state index contributed by atoms with van der Waals surface area (Å²) in [7, 11) is 1.72. The van der Waals surface area contributed by atoms with Crippen LogP contribution in [0.3, 0.4) is 0 Å². The molecule has 2 rings (SSSR count). The first kappa shape index (κ1) is 25.7. The summed E-state index contributed by atoms with van der Waals surface area (Å²) in [6, 6.07) is 15.4. The predicted molar refractivity (Wildman–Crippen MR) is 131 cm³/mol. The zero-order valence-corrected chi connectivity index (χ0v) is 20.3. The Morgan fingerprint density at radius 2 is 1.80 bits per heavy atom. The number of alkyl carbamates (subject to hydrolysis) is 1. The molecule has 3 N–H and O–H groups in total. The van der Waals surface area contributed by atoms with Gasteiger partial charge in [-0.25, -0.2) is 4.79 Å². The molecule has 0 aliphatic carbocycles. The number of aromatic nitrogens is 1. The van der Waals surface area contributed by atoms with Gasteiger partial charge in [0.25, 0.3) is 0 Å². The number of ether oxygens (including phenoxy) is 1. The van der Waals surface area contributed by atoms with Crippen molar-refractivity contribution in [2.75, 3.05) is 20.1 Å². The molecule has 8 heteroatoms. The number of benzene rings is 1. The minimum Gasteiger partial charge on any atom is -0.444 e. The van der Waals surface area contributed by atoms with E-state index in [4.69, 9.17) is 4.74 Å². The zero-order valence-electron chi connectivity index (χ0n) is 18.0. The lowest BCUT2D eigenvalue weighted by atomic mass is 10.1. The molecule has 7 nitrogen and oxygen atoms in total. The second-order valence-electron chi connectivity index (χ2n) is 7.56. The van der Waals surface area contributed by atoms with Crippen molar-refractivity contribution >= 4 is 36.0 Å². The van der Waals surface area contributed by atoms with Crippen LogP contribution in [0.4, 0.5) is 4.79 Å². The summed E-state index contributed by atoms with van der Waals surface area (Å²) in [5.41, 5.74) is 1.45. The van der Waals surface area contributed by atoms with E-state index in [-0.39, 0.29) is 30.0 Å². The number of nitrogens with zero attached hydrogens (tertiary/aromatic N) is 2. The first-order chi connectivity index (χ1) is 13.9. The number of pyridine rings is 1. The topological polar surface area (TPSA) is 87.6 Å². The zero-order chi connectivity index (χ0) is 21.1. The van der Waals surface area contributed by atoms with Crippen LogP contribution in [0.25, 0.3) is 0 Å². The monoisotopic (exact) mass is 525 g/mol. The number of guanidine groups is 1. The third kappa shape index (κ3) is 9.91. The van der Waals surface area contributed by atoms with Gasteiger partial charge in [0.05, 0.1) is 6.04 Å². The van der Waals surface area contributed by atoms with E-state index in [1.165, 1.54) is 0 Å². The molecular formula is C22H32IN5O2. The van der Waals surface area contributed by atoms with Crippen LogP contribution in [-0.2, 0) is 11.2 Å². The molecule has 0 aliphatic heterocycles. The van der Waals surface area contributed by atoms with Crippen molar-refractivity contribution in [2.45, 2.75) is 38.8 Å². The maximum atomic E-state index is 12.3. The van der Waals surface area contributed by atoms with E-state index in [2.05, 4.69) is 25.9 Å². The van der Waals surface area contributed by atoms with Crippen LogP contribution in [0.2, 0.25) is 0 Å². The Labute approximate surface area is 196 Å². The van der Waals surface area contributed by atoms with Gasteiger partial charge in [0, 0.05) is 38.4 Å². The number of hydrogen-bond acceptors (Lipinski definition) is 4. The van der Waals surface area contributed by atoms with E-state index >= 15 is 0 Å². The van der Waals surface area contributed by atoms with E-state index in [9.17, 15) is 4.79 Å². The highest BCUT2D eigenvalue weighted by Gasteiger charge is 2.20. The van der Waals surface area contributed by atoms with Crippen LogP contribution < -0.4 is 16.0 Å². The van der Waals surface area contributed by atoms with E-state index in [0.717, 1.165) is 17.7 Å². The quantitative estimate of drug-likeness (QED) is 0.292. The molecule has 0 radical (unpaired) electrons. The Hall–Kier alpha value is -2.36. The van der Waals surface area contributed by atoms with E-state index in [1.54, 1.807) is 13.2 Å². The Kier molecular flexibility index (Phi) is 11.2. The van der Waals surface area contributed by atoms with Gasteiger partial charge in [0.15, 0.2) is 5.96 Å². The van der Waals surface area contributed by atoms with Gasteiger partial charge in [-0.2, -0.15) is 0 Å². The lowest BCUT2D eigenvalue weighted by Gasteiger charge is -2.24. The van der Waals surface area contributed by atoms with Crippen LogP contribution >= 0.6 is 24.0 Å². The van der Waals surface area contributed by atoms with Gasteiger partial charge in [0.2, 0.25) is 0 Å². The van der Waals surface area contributed by atoms with Gasteiger partial charge in [-0.1, -0.05) is 36.4 Å². The summed E-state index contributed by atoms with van der Waals surface area (Å²) in [6.07, 6.45) is 2.13. The smallest absolute Gasteiger partial charge is 0.408 e. The molecule has 2 aromatic rings. The number of nitrogens with one attached hydrogen (secondary N) is 3. The highest BCUT2D eigenvalue weighted by Crippen LogP contribution is 2.14. The molecule has 1 atom stereocenters. The SMILES string of the molecule is CN=C(NCCc1ccccn1)NCC(NC(=O)OC(C)(C)C)c1ccccc1.I. The van der Waals surface area contributed by atoms with Crippen molar-refractivity contribution in [1.29, 1.82) is 0 Å². The van der Waals surface area contributed by atoms with Crippen LogP contribution in [0.5, 0.6) is 0 Å². The van der Waals surface area contributed by atoms with Crippen molar-refractivity contribution in [3.05, 3.63) is 66.0 Å². The lowest BCUT2D eigenvalue weighted by Crippen LogP contribution is -2.44. The van der Waals surface area contributed by atoms with Gasteiger partial charge >= 0.3 is 6.09 Å². The number of halogens is 1. The molecule has 0 saturated heterocycles. The molecule has 0 aliphatic rings. The second kappa shape index (κ2) is 13.0. The van der Waals surface area contributed by atoms with E-state index in [0.29, 0.717) is 19.0 Å². The third-order valence-electron chi connectivity index (χ3n) is 3.99. The average molecular weight is 525 g/mol. The summed E-state index contributed by atoms with van der Waals surface area (Å²) in [4.78, 5) is 20.8. The molecule has 0 bridgehead atoms. The Morgan fingerprint density at radius 3 is 2.40 bits per heavy atom. The number of carbonyl (C=O) groups excluding carboxylic acids is 1. The molecule has 0 spiro atoms. The molecule has 1 aromatic carbocycles. The Balaban J connectivity index is 0.00000450. The standard InChI is InChI=1S/C22H31N5O2.HI/c1-22(2,3)29-21(28)27-19(17-10-6-5-7-11-17)16-26-20(23-4)25-15-13-18-12-8-9-14-24-18;/h5-12,14,19H,13,15-16H2,1-4H3,(H,27,28)(H2,23,25,26);1H. The number of rotatable bonds is 7. The van der Waals surface area contributed by atoms with Gasteiger partial charge in [-0.3, -0.25) is 9.98 Å². The van der Waals surface area contributed by atoms with Gasteiger partial charge in [0.1, 0.15) is 5.60 Å². The van der Waals surface area contributed by atoms with Crippen LogP contribution in [0, 0.1) is 0 Å². The molecule has 164 valence electrons. The Morgan fingerprint density at radius 1 is 1.10 bits per heavy atom. The molecule has 1 amide bonds. The number of aliphatic imine (C=N–C) groups is 1. The first-order valence-corrected chi connectivity index (χ1v) is 9.76. The van der Waals surface area contributed by atoms with Crippen molar-refractivity contribution in [3.8, 4) is 0 Å². The second-order valence-corrected chi connectivity index (χ2v) is 7.56. The fraction of sp³-hybridized carbons (Fsp3) is 0.409. The maximum Gasteiger partial charge on any atom is 0.408 e. The molecular weight excluding hydrogens is 493 g/mol. The fourth-order valence-electron chi connectivity index (χ4n) is 2.66. The maximum absolute atomic E-state index is 12.3. The first-order valence-electron chi connectivity index (χ1n) is 9.76. The van der Waals surface area contributed by atoms with E-state index < -0.39 is 11.7 Å². The summed E-state index contributed by atoms with van der Waals surface area (Å²) in [5.74, 6) is 0.660.